The van der Waals surface area contributed by atoms with Crippen molar-refractivity contribution in [2.75, 3.05) is 39.8 Å². The summed E-state index contributed by atoms with van der Waals surface area (Å²) in [4.78, 5) is 5.43. The summed E-state index contributed by atoms with van der Waals surface area (Å²) in [6, 6.07) is 0.730. The molecule has 0 amide bonds. The van der Waals surface area contributed by atoms with Crippen LogP contribution in [0.1, 0.15) is 79.1 Å². The number of methoxy groups -OCH3 is 1. The van der Waals surface area contributed by atoms with Crippen LogP contribution < -0.4 is 0 Å². The van der Waals surface area contributed by atoms with E-state index in [0.717, 1.165) is 12.0 Å². The van der Waals surface area contributed by atoms with Crippen molar-refractivity contribution in [1.82, 2.24) is 9.80 Å². The Bertz CT molecular complexity index is 345. The largest absolute Gasteiger partial charge is 0.381 e. The standard InChI is InChI=1S/C20H38N2O.C2H6/c1-17(2)22-12-6-18(7-13-22)16-21-14-10-20(11-15-21)8-4-19(23-3)5-9-20;1-2/h17-19H,4-16H2,1-3H3;1-2H3. The molecule has 0 N–H and O–H groups in total. The van der Waals surface area contributed by atoms with Crippen LogP contribution >= 0.6 is 0 Å². The van der Waals surface area contributed by atoms with Crippen molar-refractivity contribution in [3.63, 3.8) is 0 Å². The van der Waals surface area contributed by atoms with Gasteiger partial charge in [0.1, 0.15) is 0 Å². The topological polar surface area (TPSA) is 15.7 Å². The van der Waals surface area contributed by atoms with Gasteiger partial charge in [-0.1, -0.05) is 13.8 Å². The smallest absolute Gasteiger partial charge is 0.0571 e. The lowest BCUT2D eigenvalue weighted by atomic mass is 9.67. The number of likely N-dealkylation sites (tertiary alicyclic amines) is 2. The maximum atomic E-state index is 5.56. The van der Waals surface area contributed by atoms with Crippen LogP contribution in [0, 0.1) is 11.3 Å². The van der Waals surface area contributed by atoms with Crippen LogP contribution in [0.15, 0.2) is 0 Å². The summed E-state index contributed by atoms with van der Waals surface area (Å²) < 4.78 is 5.56. The van der Waals surface area contributed by atoms with Crippen LogP contribution in [0.2, 0.25) is 0 Å². The molecular weight excluding hydrogens is 308 g/mol. The lowest BCUT2D eigenvalue weighted by Crippen LogP contribution is -2.46. The molecule has 3 heteroatoms. The first-order valence-corrected chi connectivity index (χ1v) is 11.1. The highest BCUT2D eigenvalue weighted by Gasteiger charge is 2.38. The molecule has 2 heterocycles. The van der Waals surface area contributed by atoms with Crippen LogP contribution in [0.5, 0.6) is 0 Å². The van der Waals surface area contributed by atoms with Gasteiger partial charge in [0.15, 0.2) is 0 Å². The lowest BCUT2D eigenvalue weighted by molar-refractivity contribution is -0.00697. The Hall–Kier alpha value is -0.120. The monoisotopic (exact) mass is 352 g/mol. The second kappa shape index (κ2) is 10.3. The van der Waals surface area contributed by atoms with E-state index in [-0.39, 0.29) is 0 Å². The van der Waals surface area contributed by atoms with Gasteiger partial charge in [-0.25, -0.2) is 0 Å². The van der Waals surface area contributed by atoms with E-state index < -0.39 is 0 Å². The Morgan fingerprint density at radius 3 is 1.92 bits per heavy atom. The van der Waals surface area contributed by atoms with Crippen molar-refractivity contribution in [3.8, 4) is 0 Å². The van der Waals surface area contributed by atoms with Gasteiger partial charge in [0.25, 0.3) is 0 Å². The molecule has 148 valence electrons. The van der Waals surface area contributed by atoms with E-state index in [2.05, 4.69) is 23.6 Å². The van der Waals surface area contributed by atoms with E-state index in [0.29, 0.717) is 11.5 Å². The summed E-state index contributed by atoms with van der Waals surface area (Å²) in [5.41, 5.74) is 0.673. The second-order valence-corrected chi connectivity index (χ2v) is 8.81. The van der Waals surface area contributed by atoms with Crippen LogP contribution in [-0.2, 0) is 4.74 Å². The van der Waals surface area contributed by atoms with Gasteiger partial charge in [-0.2, -0.15) is 0 Å². The normalized spacial score (nSPS) is 26.6. The van der Waals surface area contributed by atoms with Gasteiger partial charge in [0.2, 0.25) is 0 Å². The molecule has 0 bridgehead atoms. The van der Waals surface area contributed by atoms with Gasteiger partial charge in [0, 0.05) is 19.7 Å². The first kappa shape index (κ1) is 21.2. The van der Waals surface area contributed by atoms with Gasteiger partial charge < -0.3 is 14.5 Å². The van der Waals surface area contributed by atoms with Gasteiger partial charge in [0.05, 0.1) is 6.10 Å². The fourth-order valence-electron chi connectivity index (χ4n) is 5.17. The fourth-order valence-corrected chi connectivity index (χ4v) is 5.17. The molecular formula is C22H44N2O. The van der Waals surface area contributed by atoms with Crippen LogP contribution in [0.25, 0.3) is 0 Å². The fraction of sp³-hybridized carbons (Fsp3) is 1.00. The maximum Gasteiger partial charge on any atom is 0.0571 e. The van der Waals surface area contributed by atoms with Crippen molar-refractivity contribution in [1.29, 1.82) is 0 Å². The summed E-state index contributed by atoms with van der Waals surface area (Å²) in [6.45, 7) is 15.4. The van der Waals surface area contributed by atoms with Gasteiger partial charge in [-0.05, 0) is 103 Å². The Balaban J connectivity index is 0.00000109. The number of rotatable bonds is 4. The number of hydrogen-bond donors (Lipinski definition) is 0. The molecule has 3 fully saturated rings. The minimum atomic E-state index is 0.546. The highest BCUT2D eigenvalue weighted by Crippen LogP contribution is 2.45. The molecule has 2 saturated heterocycles. The van der Waals surface area contributed by atoms with E-state index in [1.165, 1.54) is 84.1 Å². The molecule has 1 spiro atoms. The van der Waals surface area contributed by atoms with Crippen LogP contribution in [-0.4, -0.2) is 61.8 Å². The zero-order valence-corrected chi connectivity index (χ0v) is 17.7. The first-order chi connectivity index (χ1) is 12.1. The Morgan fingerprint density at radius 1 is 0.880 bits per heavy atom. The molecule has 0 radical (unpaired) electrons. The third kappa shape index (κ3) is 5.94. The molecule has 25 heavy (non-hydrogen) atoms. The summed E-state index contributed by atoms with van der Waals surface area (Å²) in [5.74, 6) is 0.947. The SMILES string of the molecule is CC.COC1CCC2(CC1)CCN(CC1CCN(C(C)C)CC1)CC2. The predicted octanol–water partition coefficient (Wildman–Crippen LogP) is 4.80. The zero-order chi connectivity index (χ0) is 18.3. The summed E-state index contributed by atoms with van der Waals surface area (Å²) >= 11 is 0. The van der Waals surface area contributed by atoms with Gasteiger partial charge >= 0.3 is 0 Å². The molecule has 3 aliphatic rings. The molecule has 0 aromatic rings. The van der Waals surface area contributed by atoms with Gasteiger partial charge in [-0.3, -0.25) is 0 Å². The van der Waals surface area contributed by atoms with E-state index in [4.69, 9.17) is 4.74 Å². The average molecular weight is 353 g/mol. The maximum absolute atomic E-state index is 5.56. The minimum Gasteiger partial charge on any atom is -0.381 e. The van der Waals surface area contributed by atoms with Crippen molar-refractivity contribution < 1.29 is 4.74 Å². The molecule has 1 aliphatic carbocycles. The van der Waals surface area contributed by atoms with Crippen molar-refractivity contribution in [2.45, 2.75) is 91.2 Å². The Labute approximate surface area is 157 Å². The van der Waals surface area contributed by atoms with Crippen molar-refractivity contribution in [3.05, 3.63) is 0 Å². The Kier molecular flexibility index (Phi) is 8.71. The highest BCUT2D eigenvalue weighted by atomic mass is 16.5. The Morgan fingerprint density at radius 2 is 1.44 bits per heavy atom. The second-order valence-electron chi connectivity index (χ2n) is 8.81. The van der Waals surface area contributed by atoms with E-state index in [9.17, 15) is 0 Å². The first-order valence-electron chi connectivity index (χ1n) is 11.1. The molecule has 0 aromatic heterocycles. The van der Waals surface area contributed by atoms with Gasteiger partial charge in [-0.15, -0.1) is 0 Å². The van der Waals surface area contributed by atoms with Crippen LogP contribution in [0.3, 0.4) is 0 Å². The van der Waals surface area contributed by atoms with Crippen molar-refractivity contribution >= 4 is 0 Å². The zero-order valence-electron chi connectivity index (χ0n) is 17.7. The molecule has 0 unspecified atom stereocenters. The minimum absolute atomic E-state index is 0.546. The lowest BCUT2D eigenvalue weighted by Gasteiger charge is -2.46. The predicted molar refractivity (Wildman–Crippen MR) is 108 cm³/mol. The molecule has 3 nitrogen and oxygen atoms in total. The molecule has 1 saturated carbocycles. The summed E-state index contributed by atoms with van der Waals surface area (Å²) in [6.07, 6.45) is 11.7. The third-order valence-electron chi connectivity index (χ3n) is 7.14. The number of piperidine rings is 2. The molecule has 0 aromatic carbocycles. The molecule has 0 atom stereocenters. The molecule has 2 aliphatic heterocycles. The van der Waals surface area contributed by atoms with E-state index >= 15 is 0 Å². The van der Waals surface area contributed by atoms with Crippen LogP contribution in [0.4, 0.5) is 0 Å². The molecule has 3 rings (SSSR count). The quantitative estimate of drug-likeness (QED) is 0.722. The summed E-state index contributed by atoms with van der Waals surface area (Å²) in [7, 11) is 1.88. The average Bonchev–Trinajstić information content (AvgIpc) is 2.66. The van der Waals surface area contributed by atoms with Crippen molar-refractivity contribution in [2.24, 2.45) is 11.3 Å². The summed E-state index contributed by atoms with van der Waals surface area (Å²) in [5, 5.41) is 0. The third-order valence-corrected chi connectivity index (χ3v) is 7.14. The number of nitrogens with zero attached hydrogens (tertiary/aromatic N) is 2. The van der Waals surface area contributed by atoms with E-state index in [1.54, 1.807) is 0 Å². The number of hydrogen-bond acceptors (Lipinski definition) is 3. The highest BCUT2D eigenvalue weighted by molar-refractivity contribution is 4.91. The van der Waals surface area contributed by atoms with E-state index in [1.807, 2.05) is 21.0 Å². The number of ether oxygens (including phenoxy) is 1.